The van der Waals surface area contributed by atoms with Gasteiger partial charge in [-0.25, -0.2) is 12.8 Å². The largest absolute Gasteiger partial charge is 0.492 e. The number of hydrogen-bond acceptors (Lipinski definition) is 4. The van der Waals surface area contributed by atoms with Gasteiger partial charge in [-0.15, -0.1) is 0 Å². The quantitative estimate of drug-likeness (QED) is 0.380. The van der Waals surface area contributed by atoms with Crippen molar-refractivity contribution in [2.24, 2.45) is 0 Å². The summed E-state index contributed by atoms with van der Waals surface area (Å²) in [6, 6.07) is 11.0. The molecule has 12 heteroatoms. The van der Waals surface area contributed by atoms with E-state index in [1.807, 2.05) is 4.72 Å². The Bertz CT molecular complexity index is 1330. The number of anilines is 2. The Kier molecular flexibility index (Phi) is 7.37. The Hall–Kier alpha value is -3.31. The third-order valence-electron chi connectivity index (χ3n) is 4.46. The van der Waals surface area contributed by atoms with E-state index in [4.69, 9.17) is 16.3 Å². The molecule has 0 saturated carbocycles. The first kappa shape index (κ1) is 25.3. The molecular weight excluding hydrogens is 500 g/mol. The summed E-state index contributed by atoms with van der Waals surface area (Å²) in [6.07, 6.45) is -4.87. The summed E-state index contributed by atoms with van der Waals surface area (Å²) in [5.74, 6) is -1.60. The fourth-order valence-corrected chi connectivity index (χ4v) is 4.21. The first-order chi connectivity index (χ1) is 15.9. The lowest BCUT2D eigenvalue weighted by atomic mass is 10.2. The predicted octanol–water partition coefficient (Wildman–Crippen LogP) is 5.95. The fourth-order valence-electron chi connectivity index (χ4n) is 2.93. The highest BCUT2D eigenvalue weighted by molar-refractivity contribution is 7.92. The number of sulfonamides is 1. The number of carbonyl (C=O) groups is 1. The normalized spacial score (nSPS) is 11.7. The highest BCUT2D eigenvalue weighted by Crippen LogP contribution is 2.38. The number of nitrogens with one attached hydrogen (secondary N) is 2. The number of amides is 1. The Balaban J connectivity index is 1.99. The number of rotatable bonds is 7. The first-order valence-electron chi connectivity index (χ1n) is 9.64. The molecule has 0 aliphatic heterocycles. The number of alkyl halides is 3. The molecule has 0 unspecified atom stereocenters. The van der Waals surface area contributed by atoms with Gasteiger partial charge in [0.2, 0.25) is 0 Å². The molecular formula is C22H17ClF4N2O4S. The molecule has 0 aliphatic rings. The van der Waals surface area contributed by atoms with E-state index < -0.39 is 44.1 Å². The molecule has 0 fully saturated rings. The fraction of sp³-hybridized carbons (Fsp3) is 0.136. The van der Waals surface area contributed by atoms with Crippen LogP contribution in [-0.2, 0) is 16.2 Å². The van der Waals surface area contributed by atoms with Crippen molar-refractivity contribution in [3.05, 3.63) is 82.6 Å². The van der Waals surface area contributed by atoms with Crippen LogP contribution in [0.2, 0.25) is 5.02 Å². The van der Waals surface area contributed by atoms with E-state index >= 15 is 0 Å². The summed E-state index contributed by atoms with van der Waals surface area (Å²) in [5.41, 5.74) is -2.43. The van der Waals surface area contributed by atoms with Gasteiger partial charge < -0.3 is 10.1 Å². The maximum Gasteiger partial charge on any atom is 0.418 e. The van der Waals surface area contributed by atoms with Crippen molar-refractivity contribution in [2.75, 3.05) is 16.6 Å². The van der Waals surface area contributed by atoms with Gasteiger partial charge in [0, 0.05) is 5.02 Å². The van der Waals surface area contributed by atoms with E-state index in [1.165, 1.54) is 24.3 Å². The lowest BCUT2D eigenvalue weighted by Gasteiger charge is -2.17. The minimum atomic E-state index is -4.87. The van der Waals surface area contributed by atoms with Crippen LogP contribution in [0.4, 0.5) is 28.9 Å². The summed E-state index contributed by atoms with van der Waals surface area (Å²) < 4.78 is 87.0. The molecule has 0 atom stereocenters. The molecule has 3 aromatic rings. The van der Waals surface area contributed by atoms with Crippen LogP contribution in [0.3, 0.4) is 0 Å². The number of halogens is 5. The maximum atomic E-state index is 14.0. The second-order valence-electron chi connectivity index (χ2n) is 6.82. The molecule has 3 aromatic carbocycles. The molecule has 6 nitrogen and oxygen atoms in total. The summed E-state index contributed by atoms with van der Waals surface area (Å²) in [6.45, 7) is 1.81. The van der Waals surface area contributed by atoms with Crippen LogP contribution in [-0.4, -0.2) is 20.9 Å². The van der Waals surface area contributed by atoms with Crippen LogP contribution < -0.4 is 14.8 Å². The summed E-state index contributed by atoms with van der Waals surface area (Å²) in [5, 5.41) is 2.15. The van der Waals surface area contributed by atoms with E-state index in [1.54, 1.807) is 6.92 Å². The van der Waals surface area contributed by atoms with Crippen molar-refractivity contribution in [2.45, 2.75) is 18.0 Å². The minimum absolute atomic E-state index is 0.0774. The number of benzene rings is 3. The van der Waals surface area contributed by atoms with Gasteiger partial charge in [0.1, 0.15) is 11.6 Å². The number of ether oxygens (including phenoxy) is 1. The van der Waals surface area contributed by atoms with Crippen LogP contribution in [0.1, 0.15) is 22.8 Å². The topological polar surface area (TPSA) is 84.5 Å². The van der Waals surface area contributed by atoms with Gasteiger partial charge in [-0.1, -0.05) is 23.7 Å². The van der Waals surface area contributed by atoms with Crippen LogP contribution in [0.5, 0.6) is 5.75 Å². The molecule has 0 aliphatic carbocycles. The second kappa shape index (κ2) is 9.90. The second-order valence-corrected chi connectivity index (χ2v) is 8.94. The predicted molar refractivity (Wildman–Crippen MR) is 119 cm³/mol. The monoisotopic (exact) mass is 516 g/mol. The average Bonchev–Trinajstić information content (AvgIpc) is 2.75. The lowest BCUT2D eigenvalue weighted by Crippen LogP contribution is -2.18. The standard InChI is InChI=1S/C22H17ClF4N2O4S/c1-2-33-20-10-8-14(12-19(20)28-21(30)15-5-3-4-6-17(15)24)34(31,32)29-18-9-7-13(23)11-16(18)22(25,26)27/h3-12,29H,2H2,1H3,(H,28,30). The van der Waals surface area contributed by atoms with Gasteiger partial charge in [0.05, 0.1) is 34.0 Å². The number of hydrogen-bond donors (Lipinski definition) is 2. The maximum absolute atomic E-state index is 14.0. The minimum Gasteiger partial charge on any atom is -0.492 e. The highest BCUT2D eigenvalue weighted by atomic mass is 35.5. The summed E-state index contributed by atoms with van der Waals surface area (Å²) >= 11 is 5.63. The van der Waals surface area contributed by atoms with Crippen molar-refractivity contribution in [1.29, 1.82) is 0 Å². The van der Waals surface area contributed by atoms with Gasteiger partial charge in [-0.3, -0.25) is 9.52 Å². The van der Waals surface area contributed by atoms with E-state index in [2.05, 4.69) is 5.32 Å². The molecule has 2 N–H and O–H groups in total. The van der Waals surface area contributed by atoms with Gasteiger partial charge in [-0.2, -0.15) is 13.2 Å². The Morgan fingerprint density at radius 1 is 1.03 bits per heavy atom. The summed E-state index contributed by atoms with van der Waals surface area (Å²) in [7, 11) is -4.55. The molecule has 0 saturated heterocycles. The van der Waals surface area contributed by atoms with Gasteiger partial charge >= 0.3 is 6.18 Å². The van der Waals surface area contributed by atoms with Crippen LogP contribution in [0.25, 0.3) is 0 Å². The van der Waals surface area contributed by atoms with E-state index in [0.717, 1.165) is 30.3 Å². The van der Waals surface area contributed by atoms with Crippen molar-refractivity contribution >= 4 is 38.9 Å². The van der Waals surface area contributed by atoms with E-state index in [0.29, 0.717) is 6.07 Å². The zero-order chi connectivity index (χ0) is 25.1. The first-order valence-corrected chi connectivity index (χ1v) is 11.5. The molecule has 180 valence electrons. The Morgan fingerprint density at radius 2 is 1.74 bits per heavy atom. The molecule has 34 heavy (non-hydrogen) atoms. The smallest absolute Gasteiger partial charge is 0.418 e. The van der Waals surface area contributed by atoms with Crippen LogP contribution in [0.15, 0.2) is 65.6 Å². The van der Waals surface area contributed by atoms with Crippen LogP contribution >= 0.6 is 11.6 Å². The number of carbonyl (C=O) groups excluding carboxylic acids is 1. The zero-order valence-corrected chi connectivity index (χ0v) is 19.0. The van der Waals surface area contributed by atoms with Crippen molar-refractivity contribution in [3.8, 4) is 5.75 Å². The van der Waals surface area contributed by atoms with Gasteiger partial charge in [0.15, 0.2) is 0 Å². The molecule has 0 heterocycles. The molecule has 0 aromatic heterocycles. The van der Waals surface area contributed by atoms with Gasteiger partial charge in [-0.05, 0) is 55.5 Å². The van der Waals surface area contributed by atoms with Crippen molar-refractivity contribution in [3.63, 3.8) is 0 Å². The van der Waals surface area contributed by atoms with Crippen LogP contribution in [0, 0.1) is 5.82 Å². The Labute approximate surface area is 197 Å². The molecule has 1 amide bonds. The van der Waals surface area contributed by atoms with E-state index in [-0.39, 0.29) is 28.6 Å². The lowest BCUT2D eigenvalue weighted by molar-refractivity contribution is -0.136. The Morgan fingerprint density at radius 3 is 2.38 bits per heavy atom. The molecule has 0 radical (unpaired) electrons. The van der Waals surface area contributed by atoms with E-state index in [9.17, 15) is 30.8 Å². The molecule has 0 bridgehead atoms. The molecule has 3 rings (SSSR count). The highest BCUT2D eigenvalue weighted by Gasteiger charge is 2.35. The van der Waals surface area contributed by atoms with Gasteiger partial charge in [0.25, 0.3) is 15.9 Å². The third kappa shape index (κ3) is 5.78. The third-order valence-corrected chi connectivity index (χ3v) is 6.06. The SMILES string of the molecule is CCOc1ccc(S(=O)(=O)Nc2ccc(Cl)cc2C(F)(F)F)cc1NC(=O)c1ccccc1F. The van der Waals surface area contributed by atoms with Crippen molar-refractivity contribution < 1.29 is 35.5 Å². The average molecular weight is 517 g/mol. The summed E-state index contributed by atoms with van der Waals surface area (Å²) in [4.78, 5) is 12.1. The molecule has 0 spiro atoms. The van der Waals surface area contributed by atoms with Crippen molar-refractivity contribution in [1.82, 2.24) is 0 Å². The zero-order valence-electron chi connectivity index (χ0n) is 17.4.